The molecular weight excluding hydrogens is 223 g/mol. The number of aromatic nitrogens is 1. The van der Waals surface area contributed by atoms with Crippen molar-refractivity contribution in [2.24, 2.45) is 0 Å². The summed E-state index contributed by atoms with van der Waals surface area (Å²) >= 11 is 0. The molecular formula is C12H15FN2O2. The Hall–Kier alpha value is -1.65. The highest BCUT2D eigenvalue weighted by atomic mass is 19.1. The maximum absolute atomic E-state index is 12.5. The van der Waals surface area contributed by atoms with Crippen molar-refractivity contribution in [3.8, 4) is 5.75 Å². The van der Waals surface area contributed by atoms with Crippen molar-refractivity contribution in [1.82, 2.24) is 4.98 Å². The van der Waals surface area contributed by atoms with Gasteiger partial charge in [-0.2, -0.15) is 0 Å². The van der Waals surface area contributed by atoms with Crippen LogP contribution in [-0.2, 0) is 4.79 Å². The van der Waals surface area contributed by atoms with E-state index in [4.69, 9.17) is 4.74 Å². The van der Waals surface area contributed by atoms with Crippen LogP contribution in [-0.4, -0.2) is 29.7 Å². The van der Waals surface area contributed by atoms with Crippen LogP contribution in [0.5, 0.6) is 5.75 Å². The number of rotatable bonds is 2. The molecule has 2 rings (SSSR count). The molecule has 0 saturated carbocycles. The molecule has 0 spiro atoms. The maximum Gasteiger partial charge on any atom is 0.271 e. The summed E-state index contributed by atoms with van der Waals surface area (Å²) in [5.74, 6) is 0.666. The van der Waals surface area contributed by atoms with Gasteiger partial charge in [-0.05, 0) is 32.4 Å². The molecule has 0 saturated heterocycles. The molecule has 0 aromatic carbocycles. The van der Waals surface area contributed by atoms with Crippen LogP contribution in [0, 0.1) is 6.92 Å². The average molecular weight is 238 g/mol. The monoisotopic (exact) mass is 238 g/mol. The van der Waals surface area contributed by atoms with E-state index in [-0.39, 0.29) is 12.5 Å². The van der Waals surface area contributed by atoms with Gasteiger partial charge in [0.05, 0.1) is 6.54 Å². The molecule has 1 aliphatic rings. The molecule has 1 aromatic heterocycles. The summed E-state index contributed by atoms with van der Waals surface area (Å²) in [4.78, 5) is 17.6. The quantitative estimate of drug-likeness (QED) is 0.789. The predicted molar refractivity (Wildman–Crippen MR) is 62.0 cm³/mol. The van der Waals surface area contributed by atoms with E-state index in [0.717, 1.165) is 5.56 Å². The first kappa shape index (κ1) is 11.8. The van der Waals surface area contributed by atoms with Gasteiger partial charge in [0, 0.05) is 6.20 Å². The molecule has 0 fully saturated rings. The zero-order chi connectivity index (χ0) is 12.6. The first-order valence-corrected chi connectivity index (χ1v) is 5.49. The lowest BCUT2D eigenvalue weighted by Crippen LogP contribution is -2.53. The van der Waals surface area contributed by atoms with E-state index in [1.807, 2.05) is 13.0 Å². The number of aryl methyl sites for hydroxylation is 1. The average Bonchev–Trinajstić information content (AvgIpc) is 2.24. The summed E-state index contributed by atoms with van der Waals surface area (Å²) in [6.07, 6.45) is 1.64. The number of carbonyl (C=O) groups is 1. The van der Waals surface area contributed by atoms with Gasteiger partial charge >= 0.3 is 0 Å². The van der Waals surface area contributed by atoms with Crippen molar-refractivity contribution in [3.63, 3.8) is 0 Å². The minimum atomic E-state index is -0.975. The van der Waals surface area contributed by atoms with Crippen LogP contribution in [0.4, 0.5) is 10.2 Å². The Morgan fingerprint density at radius 1 is 1.53 bits per heavy atom. The van der Waals surface area contributed by atoms with Crippen LogP contribution in [0.1, 0.15) is 19.4 Å². The number of anilines is 1. The highest BCUT2D eigenvalue weighted by Gasteiger charge is 2.41. The van der Waals surface area contributed by atoms with E-state index < -0.39 is 12.3 Å². The first-order chi connectivity index (χ1) is 7.95. The van der Waals surface area contributed by atoms with E-state index in [1.165, 1.54) is 4.90 Å². The molecule has 5 heteroatoms. The number of ether oxygens (including phenoxy) is 1. The van der Waals surface area contributed by atoms with Crippen molar-refractivity contribution in [2.75, 3.05) is 18.1 Å². The Morgan fingerprint density at radius 3 is 2.88 bits per heavy atom. The Kier molecular flexibility index (Phi) is 2.77. The fourth-order valence-electron chi connectivity index (χ4n) is 1.84. The lowest BCUT2D eigenvalue weighted by atomic mass is 10.1. The fraction of sp³-hybridized carbons (Fsp3) is 0.500. The number of halogens is 1. The van der Waals surface area contributed by atoms with Crippen molar-refractivity contribution < 1.29 is 13.9 Å². The van der Waals surface area contributed by atoms with Gasteiger partial charge in [-0.25, -0.2) is 9.37 Å². The van der Waals surface area contributed by atoms with Gasteiger partial charge in [0.2, 0.25) is 0 Å². The van der Waals surface area contributed by atoms with Gasteiger partial charge in [0.1, 0.15) is 6.67 Å². The lowest BCUT2D eigenvalue weighted by molar-refractivity contribution is -0.132. The second-order valence-electron chi connectivity index (χ2n) is 4.59. The second-order valence-corrected chi connectivity index (χ2v) is 4.59. The fourth-order valence-corrected chi connectivity index (χ4v) is 1.84. The molecule has 17 heavy (non-hydrogen) atoms. The summed E-state index contributed by atoms with van der Waals surface area (Å²) in [7, 11) is 0. The van der Waals surface area contributed by atoms with Gasteiger partial charge in [-0.15, -0.1) is 0 Å². The third kappa shape index (κ3) is 1.97. The molecule has 0 bridgehead atoms. The van der Waals surface area contributed by atoms with Crippen molar-refractivity contribution in [1.29, 1.82) is 0 Å². The SMILES string of the molecule is Cc1cnc2c(c1)OC(C)(C)C(=O)N2CCF. The van der Waals surface area contributed by atoms with E-state index in [2.05, 4.69) is 4.98 Å². The third-order valence-corrected chi connectivity index (χ3v) is 2.66. The van der Waals surface area contributed by atoms with Gasteiger partial charge in [0.25, 0.3) is 5.91 Å². The molecule has 0 radical (unpaired) electrons. The van der Waals surface area contributed by atoms with Gasteiger partial charge in [-0.1, -0.05) is 0 Å². The lowest BCUT2D eigenvalue weighted by Gasteiger charge is -2.37. The molecule has 0 aliphatic carbocycles. The molecule has 0 N–H and O–H groups in total. The predicted octanol–water partition coefficient (Wildman–Crippen LogP) is 1.86. The Balaban J connectivity index is 2.50. The van der Waals surface area contributed by atoms with Crippen LogP contribution >= 0.6 is 0 Å². The minimum absolute atomic E-state index is 0.00862. The zero-order valence-electron chi connectivity index (χ0n) is 10.2. The van der Waals surface area contributed by atoms with Crippen molar-refractivity contribution in [3.05, 3.63) is 17.8 Å². The Labute approximate surface area is 99.4 Å². The highest BCUT2D eigenvalue weighted by Crippen LogP contribution is 2.36. The van der Waals surface area contributed by atoms with Crippen LogP contribution in [0.25, 0.3) is 0 Å². The largest absolute Gasteiger partial charge is 0.474 e. The smallest absolute Gasteiger partial charge is 0.271 e. The number of nitrogens with zero attached hydrogens (tertiary/aromatic N) is 2. The zero-order valence-corrected chi connectivity index (χ0v) is 10.2. The molecule has 1 amide bonds. The molecule has 1 aromatic rings. The van der Waals surface area contributed by atoms with Crippen molar-refractivity contribution >= 4 is 11.7 Å². The van der Waals surface area contributed by atoms with Crippen molar-refractivity contribution in [2.45, 2.75) is 26.4 Å². The number of alkyl halides is 1. The standard InChI is InChI=1S/C12H15FN2O2/c1-8-6-9-10(14-7-8)15(5-4-13)11(16)12(2,3)17-9/h6-7H,4-5H2,1-3H3. The Bertz CT molecular complexity index is 460. The number of carbonyl (C=O) groups excluding carboxylic acids is 1. The summed E-state index contributed by atoms with van der Waals surface area (Å²) in [5.41, 5.74) is -0.0356. The number of amides is 1. The van der Waals surface area contributed by atoms with Crippen LogP contribution in [0.15, 0.2) is 12.3 Å². The normalized spacial score (nSPS) is 17.6. The summed E-state index contributed by atoms with van der Waals surface area (Å²) in [6, 6.07) is 1.81. The molecule has 0 atom stereocenters. The number of hydrogen-bond donors (Lipinski definition) is 0. The first-order valence-electron chi connectivity index (χ1n) is 5.49. The molecule has 92 valence electrons. The highest BCUT2D eigenvalue weighted by molar-refractivity contribution is 6.01. The summed E-state index contributed by atoms with van der Waals surface area (Å²) in [5, 5.41) is 0. The number of pyridine rings is 1. The molecule has 2 heterocycles. The van der Waals surface area contributed by atoms with E-state index in [1.54, 1.807) is 20.0 Å². The number of fused-ring (bicyclic) bond motifs is 1. The third-order valence-electron chi connectivity index (χ3n) is 2.66. The van der Waals surface area contributed by atoms with E-state index in [9.17, 15) is 9.18 Å². The van der Waals surface area contributed by atoms with E-state index in [0.29, 0.717) is 11.6 Å². The van der Waals surface area contributed by atoms with E-state index >= 15 is 0 Å². The summed E-state index contributed by atoms with van der Waals surface area (Å²) in [6.45, 7) is 4.64. The van der Waals surface area contributed by atoms with Gasteiger partial charge in [0.15, 0.2) is 17.2 Å². The van der Waals surface area contributed by atoms with Gasteiger partial charge in [-0.3, -0.25) is 9.69 Å². The molecule has 4 nitrogen and oxygen atoms in total. The minimum Gasteiger partial charge on any atom is -0.474 e. The summed E-state index contributed by atoms with van der Waals surface area (Å²) < 4.78 is 18.1. The molecule has 0 unspecified atom stereocenters. The molecule has 1 aliphatic heterocycles. The van der Waals surface area contributed by atoms with Crippen LogP contribution in [0.3, 0.4) is 0 Å². The second kappa shape index (κ2) is 3.98. The topological polar surface area (TPSA) is 42.4 Å². The van der Waals surface area contributed by atoms with Crippen LogP contribution in [0.2, 0.25) is 0 Å². The maximum atomic E-state index is 12.5. The number of hydrogen-bond acceptors (Lipinski definition) is 3. The van der Waals surface area contributed by atoms with Crippen LogP contribution < -0.4 is 9.64 Å². The Morgan fingerprint density at radius 2 is 2.24 bits per heavy atom. The van der Waals surface area contributed by atoms with Gasteiger partial charge < -0.3 is 4.74 Å².